The molecule has 2 rings (SSSR count). The molecule has 1 aromatic heterocycles. The largest absolute Gasteiger partial charge is 0.458 e. The molecule has 94 valence electrons. The maximum absolute atomic E-state index is 11.9. The van der Waals surface area contributed by atoms with Gasteiger partial charge in [-0.1, -0.05) is 0 Å². The van der Waals surface area contributed by atoms with Gasteiger partial charge in [0.15, 0.2) is 0 Å². The van der Waals surface area contributed by atoms with E-state index in [4.69, 9.17) is 10.5 Å². The molecule has 0 spiro atoms. The lowest BCUT2D eigenvalue weighted by Crippen LogP contribution is -2.35. The number of likely N-dealkylation sites (tertiary alicyclic amines) is 1. The number of carbonyl (C=O) groups excluding carboxylic acids is 1. The molecule has 17 heavy (non-hydrogen) atoms. The molecule has 1 aromatic rings. The zero-order valence-corrected chi connectivity index (χ0v) is 11.0. The molecule has 0 atom stereocenters. The minimum absolute atomic E-state index is 0.0577. The van der Waals surface area contributed by atoms with Gasteiger partial charge in [-0.15, -0.1) is 11.3 Å². The minimum Gasteiger partial charge on any atom is -0.458 e. The third kappa shape index (κ3) is 2.98. The molecule has 1 aliphatic heterocycles. The van der Waals surface area contributed by atoms with Crippen LogP contribution >= 0.6 is 11.3 Å². The van der Waals surface area contributed by atoms with Crippen LogP contribution in [0.2, 0.25) is 0 Å². The first-order chi connectivity index (χ1) is 8.06. The molecule has 1 aliphatic rings. The van der Waals surface area contributed by atoms with Gasteiger partial charge in [0.1, 0.15) is 11.0 Å². The number of esters is 1. The van der Waals surface area contributed by atoms with Crippen molar-refractivity contribution in [3.05, 3.63) is 15.8 Å². The maximum Gasteiger partial charge on any atom is 0.348 e. The lowest BCUT2D eigenvalue weighted by atomic mass is 10.1. The van der Waals surface area contributed by atoms with Crippen molar-refractivity contribution in [1.82, 2.24) is 4.90 Å². The number of anilines is 1. The van der Waals surface area contributed by atoms with E-state index in [9.17, 15) is 4.79 Å². The van der Waals surface area contributed by atoms with E-state index in [1.165, 1.54) is 11.3 Å². The monoisotopic (exact) mass is 254 g/mol. The minimum atomic E-state index is -0.232. The molecule has 0 unspecified atom stereocenters. The van der Waals surface area contributed by atoms with Crippen molar-refractivity contribution >= 4 is 23.0 Å². The van der Waals surface area contributed by atoms with Crippen molar-refractivity contribution in [3.8, 4) is 0 Å². The highest BCUT2D eigenvalue weighted by atomic mass is 32.1. The number of rotatable bonds is 2. The van der Waals surface area contributed by atoms with Crippen molar-refractivity contribution in [2.24, 2.45) is 0 Å². The highest BCUT2D eigenvalue weighted by Gasteiger charge is 2.22. The number of thiophene rings is 1. The molecule has 0 radical (unpaired) electrons. The molecule has 0 aromatic carbocycles. The normalized spacial score (nSPS) is 18.2. The van der Waals surface area contributed by atoms with Crippen molar-refractivity contribution in [2.75, 3.05) is 25.9 Å². The number of ether oxygens (including phenoxy) is 1. The first-order valence-electron chi connectivity index (χ1n) is 5.81. The quantitative estimate of drug-likeness (QED) is 0.819. The van der Waals surface area contributed by atoms with E-state index < -0.39 is 0 Å². The second kappa shape index (κ2) is 5.06. The summed E-state index contributed by atoms with van der Waals surface area (Å²) in [5.41, 5.74) is 6.40. The summed E-state index contributed by atoms with van der Waals surface area (Å²) >= 11 is 1.40. The van der Waals surface area contributed by atoms with Crippen LogP contribution in [0.1, 0.15) is 27.4 Å². The summed E-state index contributed by atoms with van der Waals surface area (Å²) in [6.45, 7) is 3.89. The lowest BCUT2D eigenvalue weighted by molar-refractivity contribution is 0.0145. The van der Waals surface area contributed by atoms with Gasteiger partial charge in [-0.2, -0.15) is 0 Å². The average molecular weight is 254 g/mol. The topological polar surface area (TPSA) is 55.6 Å². The molecule has 1 saturated heterocycles. The zero-order valence-electron chi connectivity index (χ0n) is 10.2. The van der Waals surface area contributed by atoms with Crippen LogP contribution in [-0.2, 0) is 4.74 Å². The first kappa shape index (κ1) is 12.4. The Morgan fingerprint density at radius 1 is 1.53 bits per heavy atom. The standard InChI is InChI=1S/C12H18N2O2S/c1-8-10(13)7-11(17-8)12(15)16-9-3-5-14(2)6-4-9/h7,9H,3-6,13H2,1-2H3. The van der Waals surface area contributed by atoms with Gasteiger partial charge in [0.2, 0.25) is 0 Å². The number of aryl methyl sites for hydroxylation is 1. The molecule has 0 bridgehead atoms. The first-order valence-corrected chi connectivity index (χ1v) is 6.63. The fraction of sp³-hybridized carbons (Fsp3) is 0.583. The molecule has 2 N–H and O–H groups in total. The Bertz CT molecular complexity index is 389. The number of nitrogens with zero attached hydrogens (tertiary/aromatic N) is 1. The summed E-state index contributed by atoms with van der Waals surface area (Å²) in [6, 6.07) is 1.71. The fourth-order valence-corrected chi connectivity index (χ4v) is 2.73. The second-order valence-electron chi connectivity index (χ2n) is 4.53. The molecule has 5 heteroatoms. The summed E-state index contributed by atoms with van der Waals surface area (Å²) in [5.74, 6) is -0.232. The summed E-state index contributed by atoms with van der Waals surface area (Å²) in [6.07, 6.45) is 1.90. The Morgan fingerprint density at radius 2 is 2.18 bits per heavy atom. The lowest BCUT2D eigenvalue weighted by Gasteiger charge is -2.28. The van der Waals surface area contributed by atoms with E-state index in [0.29, 0.717) is 10.6 Å². The van der Waals surface area contributed by atoms with Gasteiger partial charge < -0.3 is 15.4 Å². The number of hydrogen-bond donors (Lipinski definition) is 1. The zero-order chi connectivity index (χ0) is 12.4. The Kier molecular flexibility index (Phi) is 3.69. The average Bonchev–Trinajstić information content (AvgIpc) is 2.63. The van der Waals surface area contributed by atoms with E-state index in [1.54, 1.807) is 6.07 Å². The number of hydrogen-bond acceptors (Lipinski definition) is 5. The van der Waals surface area contributed by atoms with Gasteiger partial charge >= 0.3 is 5.97 Å². The van der Waals surface area contributed by atoms with Crippen LogP contribution < -0.4 is 5.73 Å². The number of nitrogens with two attached hydrogens (primary N) is 1. The van der Waals surface area contributed by atoms with E-state index in [1.807, 2.05) is 6.92 Å². The predicted octanol–water partition coefficient (Wildman–Crippen LogP) is 1.89. The highest BCUT2D eigenvalue weighted by molar-refractivity contribution is 7.14. The fourth-order valence-electron chi connectivity index (χ4n) is 1.91. The SMILES string of the molecule is Cc1sc(C(=O)OC2CCN(C)CC2)cc1N. The molecule has 0 saturated carbocycles. The van der Waals surface area contributed by atoms with Crippen LogP contribution in [0.5, 0.6) is 0 Å². The smallest absolute Gasteiger partial charge is 0.348 e. The number of nitrogen functional groups attached to an aromatic ring is 1. The van der Waals surface area contributed by atoms with Gasteiger partial charge in [-0.3, -0.25) is 0 Å². The summed E-state index contributed by atoms with van der Waals surface area (Å²) in [7, 11) is 2.08. The van der Waals surface area contributed by atoms with Gasteiger partial charge in [-0.25, -0.2) is 4.79 Å². The molecule has 1 fully saturated rings. The van der Waals surface area contributed by atoms with Gasteiger partial charge in [0, 0.05) is 23.7 Å². The van der Waals surface area contributed by atoms with Crippen LogP contribution in [0.15, 0.2) is 6.07 Å². The van der Waals surface area contributed by atoms with Crippen molar-refractivity contribution in [3.63, 3.8) is 0 Å². The Balaban J connectivity index is 1.93. The summed E-state index contributed by atoms with van der Waals surface area (Å²) < 4.78 is 5.48. The van der Waals surface area contributed by atoms with Crippen molar-refractivity contribution < 1.29 is 9.53 Å². The van der Waals surface area contributed by atoms with Crippen molar-refractivity contribution in [2.45, 2.75) is 25.9 Å². The summed E-state index contributed by atoms with van der Waals surface area (Å²) in [4.78, 5) is 15.7. The van der Waals surface area contributed by atoms with E-state index in [0.717, 1.165) is 30.8 Å². The van der Waals surface area contributed by atoms with Crippen LogP contribution in [-0.4, -0.2) is 37.1 Å². The third-order valence-electron chi connectivity index (χ3n) is 3.10. The molecule has 4 nitrogen and oxygen atoms in total. The molecule has 0 aliphatic carbocycles. The maximum atomic E-state index is 11.9. The van der Waals surface area contributed by atoms with Gasteiger partial charge in [0.05, 0.1) is 0 Å². The second-order valence-corrected chi connectivity index (χ2v) is 5.79. The van der Waals surface area contributed by atoms with Crippen molar-refractivity contribution in [1.29, 1.82) is 0 Å². The summed E-state index contributed by atoms with van der Waals surface area (Å²) in [5, 5.41) is 0. The van der Waals surface area contributed by atoms with E-state index in [2.05, 4.69) is 11.9 Å². The van der Waals surface area contributed by atoms with E-state index in [-0.39, 0.29) is 12.1 Å². The van der Waals surface area contributed by atoms with Crippen LogP contribution in [0.3, 0.4) is 0 Å². The number of carbonyl (C=O) groups is 1. The van der Waals surface area contributed by atoms with E-state index >= 15 is 0 Å². The van der Waals surface area contributed by atoms with Gasteiger partial charge in [0.25, 0.3) is 0 Å². The Morgan fingerprint density at radius 3 is 2.71 bits per heavy atom. The van der Waals surface area contributed by atoms with Gasteiger partial charge in [-0.05, 0) is 32.9 Å². The predicted molar refractivity (Wildman–Crippen MR) is 69.4 cm³/mol. The molecule has 0 amide bonds. The molecular formula is C12H18N2O2S. The number of piperidine rings is 1. The Hall–Kier alpha value is -1.07. The van der Waals surface area contributed by atoms with Crippen LogP contribution in [0.4, 0.5) is 5.69 Å². The molecular weight excluding hydrogens is 236 g/mol. The molecule has 2 heterocycles. The highest BCUT2D eigenvalue weighted by Crippen LogP contribution is 2.25. The van der Waals surface area contributed by atoms with Crippen LogP contribution in [0.25, 0.3) is 0 Å². The Labute approximate surface area is 105 Å². The third-order valence-corrected chi connectivity index (χ3v) is 4.14. The van der Waals surface area contributed by atoms with Crippen LogP contribution in [0, 0.1) is 6.92 Å².